The lowest BCUT2D eigenvalue weighted by Crippen LogP contribution is -2.36. The lowest BCUT2D eigenvalue weighted by molar-refractivity contribution is 0.0497. The number of nitrogens with zero attached hydrogens (tertiary/aromatic N) is 1. The zero-order valence-electron chi connectivity index (χ0n) is 18.5. The predicted molar refractivity (Wildman–Crippen MR) is 127 cm³/mol. The van der Waals surface area contributed by atoms with Crippen molar-refractivity contribution in [1.29, 1.82) is 0 Å². The Bertz CT molecular complexity index is 648. The van der Waals surface area contributed by atoms with Crippen LogP contribution in [0.5, 0.6) is 0 Å². The monoisotopic (exact) mass is 482 g/mol. The Kier molecular flexibility index (Phi) is 11.8. The molecule has 30 heavy (non-hydrogen) atoms. The Hall–Kier alpha value is -1.11. The fraction of sp³-hybridized carbons (Fsp3) is 0.708. The first-order valence-corrected chi connectivity index (χ1v) is 12.5. The molecular formula is C24H39BrN2O3. The largest absolute Gasteiger partial charge is 0.462 e. The van der Waals surface area contributed by atoms with Crippen LogP contribution in [0.15, 0.2) is 16.6 Å². The first-order chi connectivity index (χ1) is 14.6. The Morgan fingerprint density at radius 3 is 2.47 bits per heavy atom. The number of ether oxygens (including phenoxy) is 1. The quantitative estimate of drug-likeness (QED) is 0.215. The van der Waals surface area contributed by atoms with E-state index < -0.39 is 0 Å². The molecule has 1 aromatic rings. The fourth-order valence-corrected chi connectivity index (χ4v) is 4.76. The standard InChI is InChI=1S/C24H39BrN2O3/c1-2-27(21-12-8-7-9-13-21)18-20-16-19(17-22(25)23(20)26)24(29)30-15-11-6-4-3-5-10-14-28/h16-17,21,28H,2-15,18,26H2,1H3. The SMILES string of the molecule is CCN(Cc1cc(C(=O)OCCCCCCCCO)cc(Br)c1N)C1CCCCC1. The van der Waals surface area contributed by atoms with Crippen LogP contribution in [0, 0.1) is 0 Å². The van der Waals surface area contributed by atoms with Crippen LogP contribution >= 0.6 is 15.9 Å². The topological polar surface area (TPSA) is 75.8 Å². The molecule has 0 unspecified atom stereocenters. The number of halogens is 1. The van der Waals surface area contributed by atoms with Gasteiger partial charge in [0.05, 0.1) is 17.9 Å². The minimum absolute atomic E-state index is 0.271. The normalized spacial score (nSPS) is 14.9. The molecule has 1 aliphatic carbocycles. The summed E-state index contributed by atoms with van der Waals surface area (Å²) < 4.78 is 6.26. The first-order valence-electron chi connectivity index (χ1n) is 11.7. The molecule has 1 fully saturated rings. The van der Waals surface area contributed by atoms with Crippen LogP contribution in [0.4, 0.5) is 5.69 Å². The number of hydrogen-bond acceptors (Lipinski definition) is 5. The minimum atomic E-state index is -0.280. The lowest BCUT2D eigenvalue weighted by atomic mass is 9.93. The number of carbonyl (C=O) groups is 1. The number of anilines is 1. The molecule has 1 saturated carbocycles. The first kappa shape index (κ1) is 25.2. The second-order valence-electron chi connectivity index (χ2n) is 8.37. The molecule has 0 saturated heterocycles. The lowest BCUT2D eigenvalue weighted by Gasteiger charge is -2.34. The van der Waals surface area contributed by atoms with Crippen molar-refractivity contribution in [3.05, 3.63) is 27.7 Å². The number of aliphatic hydroxyl groups is 1. The van der Waals surface area contributed by atoms with Crippen molar-refractivity contribution < 1.29 is 14.6 Å². The maximum atomic E-state index is 12.6. The highest BCUT2D eigenvalue weighted by atomic mass is 79.9. The molecule has 1 aromatic carbocycles. The highest BCUT2D eigenvalue weighted by Gasteiger charge is 2.22. The predicted octanol–water partition coefficient (Wildman–Crippen LogP) is 5.68. The molecule has 0 atom stereocenters. The summed E-state index contributed by atoms with van der Waals surface area (Å²) in [6.45, 7) is 4.66. The number of benzene rings is 1. The summed E-state index contributed by atoms with van der Waals surface area (Å²) in [5.74, 6) is -0.280. The van der Waals surface area contributed by atoms with Crippen LogP contribution in [0.3, 0.4) is 0 Å². The number of carbonyl (C=O) groups excluding carboxylic acids is 1. The molecule has 0 bridgehead atoms. The molecule has 3 N–H and O–H groups in total. The maximum Gasteiger partial charge on any atom is 0.338 e. The van der Waals surface area contributed by atoms with Crippen molar-refractivity contribution in [2.45, 2.75) is 90.1 Å². The summed E-state index contributed by atoms with van der Waals surface area (Å²) in [7, 11) is 0. The number of esters is 1. The van der Waals surface area contributed by atoms with Crippen molar-refractivity contribution in [3.8, 4) is 0 Å². The third-order valence-corrected chi connectivity index (χ3v) is 6.76. The Labute approximate surface area is 190 Å². The molecule has 5 nitrogen and oxygen atoms in total. The van der Waals surface area contributed by atoms with Gasteiger partial charge in [0.1, 0.15) is 0 Å². The third kappa shape index (κ3) is 8.20. The number of nitrogen functional groups attached to an aromatic ring is 1. The van der Waals surface area contributed by atoms with Gasteiger partial charge in [0.25, 0.3) is 0 Å². The molecule has 0 radical (unpaired) electrons. The second-order valence-corrected chi connectivity index (χ2v) is 9.22. The van der Waals surface area contributed by atoms with E-state index in [4.69, 9.17) is 15.6 Å². The Balaban J connectivity index is 1.89. The van der Waals surface area contributed by atoms with Gasteiger partial charge in [-0.15, -0.1) is 0 Å². The van der Waals surface area contributed by atoms with Crippen molar-refractivity contribution >= 4 is 27.6 Å². The van der Waals surface area contributed by atoms with Gasteiger partial charge in [0.2, 0.25) is 0 Å². The minimum Gasteiger partial charge on any atom is -0.462 e. The van der Waals surface area contributed by atoms with Crippen LogP contribution in [0.1, 0.15) is 93.5 Å². The summed E-state index contributed by atoms with van der Waals surface area (Å²) in [6, 6.07) is 4.28. The zero-order valence-corrected chi connectivity index (χ0v) is 20.1. The number of hydrogen-bond donors (Lipinski definition) is 2. The van der Waals surface area contributed by atoms with Crippen molar-refractivity contribution in [2.24, 2.45) is 0 Å². The van der Waals surface area contributed by atoms with E-state index in [-0.39, 0.29) is 12.6 Å². The molecule has 0 spiro atoms. The van der Waals surface area contributed by atoms with Crippen molar-refractivity contribution in [1.82, 2.24) is 4.90 Å². The number of unbranched alkanes of at least 4 members (excludes halogenated alkanes) is 5. The summed E-state index contributed by atoms with van der Waals surface area (Å²) in [6.07, 6.45) is 12.5. The van der Waals surface area contributed by atoms with Gasteiger partial charge in [-0.3, -0.25) is 4.90 Å². The second kappa shape index (κ2) is 14.0. The van der Waals surface area contributed by atoms with Gasteiger partial charge < -0.3 is 15.6 Å². The van der Waals surface area contributed by atoms with E-state index >= 15 is 0 Å². The summed E-state index contributed by atoms with van der Waals surface area (Å²) in [4.78, 5) is 15.1. The number of nitrogens with two attached hydrogens (primary N) is 1. The highest BCUT2D eigenvalue weighted by Crippen LogP contribution is 2.30. The molecule has 0 aromatic heterocycles. The molecule has 1 aliphatic rings. The Morgan fingerprint density at radius 1 is 1.13 bits per heavy atom. The van der Waals surface area contributed by atoms with Gasteiger partial charge in [-0.05, 0) is 65.9 Å². The van der Waals surface area contributed by atoms with Gasteiger partial charge >= 0.3 is 5.97 Å². The van der Waals surface area contributed by atoms with Gasteiger partial charge in [0, 0.05) is 23.7 Å². The van der Waals surface area contributed by atoms with Gasteiger partial charge in [-0.2, -0.15) is 0 Å². The highest BCUT2D eigenvalue weighted by molar-refractivity contribution is 9.10. The van der Waals surface area contributed by atoms with Crippen molar-refractivity contribution in [2.75, 3.05) is 25.5 Å². The van der Waals surface area contributed by atoms with Gasteiger partial charge in [0.15, 0.2) is 0 Å². The summed E-state index contributed by atoms with van der Waals surface area (Å²) in [5, 5.41) is 8.79. The molecule has 0 amide bonds. The van der Waals surface area contributed by atoms with Crippen molar-refractivity contribution in [3.63, 3.8) is 0 Å². The van der Waals surface area contributed by atoms with E-state index in [0.29, 0.717) is 23.9 Å². The molecule has 0 heterocycles. The molecule has 2 rings (SSSR count). The molecule has 170 valence electrons. The smallest absolute Gasteiger partial charge is 0.338 e. The van der Waals surface area contributed by atoms with Crippen LogP contribution < -0.4 is 5.73 Å². The van der Waals surface area contributed by atoms with Gasteiger partial charge in [-0.1, -0.05) is 51.9 Å². The zero-order chi connectivity index (χ0) is 21.8. The van der Waals surface area contributed by atoms with Crippen LogP contribution in [0.2, 0.25) is 0 Å². The van der Waals surface area contributed by atoms with Crippen LogP contribution in [-0.2, 0) is 11.3 Å². The third-order valence-electron chi connectivity index (χ3n) is 6.11. The van der Waals surface area contributed by atoms with E-state index in [2.05, 4.69) is 27.8 Å². The van der Waals surface area contributed by atoms with Crippen LogP contribution in [-0.4, -0.2) is 41.8 Å². The molecule has 6 heteroatoms. The van der Waals surface area contributed by atoms with E-state index in [1.54, 1.807) is 6.07 Å². The van der Waals surface area contributed by atoms with E-state index in [9.17, 15) is 4.79 Å². The van der Waals surface area contributed by atoms with E-state index in [1.807, 2.05) is 6.07 Å². The number of rotatable bonds is 13. The summed E-state index contributed by atoms with van der Waals surface area (Å²) in [5.41, 5.74) is 8.60. The van der Waals surface area contributed by atoms with E-state index in [0.717, 1.165) is 61.7 Å². The maximum absolute atomic E-state index is 12.6. The number of aliphatic hydroxyl groups excluding tert-OH is 1. The summed E-state index contributed by atoms with van der Waals surface area (Å²) >= 11 is 3.53. The average molecular weight is 483 g/mol. The molecular weight excluding hydrogens is 444 g/mol. The van der Waals surface area contributed by atoms with E-state index in [1.165, 1.54) is 32.1 Å². The fourth-order valence-electron chi connectivity index (χ4n) is 4.26. The average Bonchev–Trinajstić information content (AvgIpc) is 2.76. The Morgan fingerprint density at radius 2 is 1.80 bits per heavy atom. The van der Waals surface area contributed by atoms with Gasteiger partial charge in [-0.25, -0.2) is 4.79 Å². The van der Waals surface area contributed by atoms with Crippen LogP contribution in [0.25, 0.3) is 0 Å². The molecule has 0 aliphatic heterocycles.